The van der Waals surface area contributed by atoms with E-state index < -0.39 is 22.3 Å². The van der Waals surface area contributed by atoms with Crippen LogP contribution in [0.15, 0.2) is 53.3 Å². The molecule has 1 aromatic heterocycles. The van der Waals surface area contributed by atoms with Gasteiger partial charge in [0.1, 0.15) is 5.82 Å². The van der Waals surface area contributed by atoms with Gasteiger partial charge in [-0.25, -0.2) is 9.07 Å². The van der Waals surface area contributed by atoms with E-state index in [0.29, 0.717) is 41.2 Å². The highest BCUT2D eigenvalue weighted by atomic mass is 35.5. The van der Waals surface area contributed by atoms with E-state index in [-0.39, 0.29) is 11.4 Å². The van der Waals surface area contributed by atoms with Crippen molar-refractivity contribution in [3.63, 3.8) is 0 Å². The van der Waals surface area contributed by atoms with Gasteiger partial charge in [-0.2, -0.15) is 13.5 Å². The molecule has 0 saturated heterocycles. The number of hydrogen-bond donors (Lipinski definition) is 0. The Morgan fingerprint density at radius 1 is 1.16 bits per heavy atom. The van der Waals surface area contributed by atoms with Crippen molar-refractivity contribution in [1.29, 1.82) is 0 Å². The molecule has 9 heteroatoms. The van der Waals surface area contributed by atoms with Crippen molar-refractivity contribution in [2.45, 2.75) is 32.9 Å². The van der Waals surface area contributed by atoms with Crippen LogP contribution in [0.1, 0.15) is 23.1 Å². The number of hydrogen-bond acceptors (Lipinski definition) is 5. The monoisotopic (exact) mass is 464 g/mol. The molecule has 0 amide bonds. The van der Waals surface area contributed by atoms with Crippen LogP contribution in [-0.4, -0.2) is 24.5 Å². The second-order valence-corrected chi connectivity index (χ2v) is 9.33. The molecular formula is C22H22ClFN2O4S. The quantitative estimate of drug-likeness (QED) is 0.468. The van der Waals surface area contributed by atoms with Gasteiger partial charge in [0.15, 0.2) is 0 Å². The van der Waals surface area contributed by atoms with Gasteiger partial charge in [0.05, 0.1) is 18.6 Å². The highest BCUT2D eigenvalue weighted by Gasteiger charge is 2.14. The maximum absolute atomic E-state index is 13.7. The Hall–Kier alpha value is -2.55. The number of halogens is 2. The largest absolute Gasteiger partial charge is 0.272 e. The normalized spacial score (nSPS) is 11.6. The Morgan fingerprint density at radius 3 is 2.61 bits per heavy atom. The third-order valence-electron chi connectivity index (χ3n) is 4.66. The van der Waals surface area contributed by atoms with Crippen molar-refractivity contribution in [1.82, 2.24) is 9.78 Å². The summed E-state index contributed by atoms with van der Waals surface area (Å²) >= 11 is 6.01. The third kappa shape index (κ3) is 6.46. The lowest BCUT2D eigenvalue weighted by atomic mass is 10.1. The van der Waals surface area contributed by atoms with Gasteiger partial charge < -0.3 is 0 Å². The Labute approximate surface area is 185 Å². The van der Waals surface area contributed by atoms with Crippen molar-refractivity contribution in [2.24, 2.45) is 0 Å². The van der Waals surface area contributed by atoms with Crippen LogP contribution >= 0.6 is 11.6 Å². The van der Waals surface area contributed by atoms with E-state index in [1.807, 2.05) is 18.2 Å². The van der Waals surface area contributed by atoms with Crippen molar-refractivity contribution in [2.75, 3.05) is 6.26 Å². The molecule has 2 aromatic carbocycles. The fourth-order valence-electron chi connectivity index (χ4n) is 3.09. The van der Waals surface area contributed by atoms with Gasteiger partial charge in [-0.05, 0) is 67.3 Å². The molecule has 31 heavy (non-hydrogen) atoms. The standard InChI is InChI=1S/C22H22ClFN2O4S/c1-15-11-17(8-9-20(15)24)21-13-18(14-30-31(2,28)29)22(27)26(25-21)10-4-6-16-5-3-7-19(23)12-16/h3,5,7-9,11-13H,4,6,10,14H2,1-2H3. The minimum absolute atomic E-state index is 0.153. The van der Waals surface area contributed by atoms with Gasteiger partial charge >= 0.3 is 0 Å². The lowest BCUT2D eigenvalue weighted by Gasteiger charge is -2.12. The van der Waals surface area contributed by atoms with Crippen LogP contribution in [0, 0.1) is 12.7 Å². The van der Waals surface area contributed by atoms with E-state index in [9.17, 15) is 17.6 Å². The van der Waals surface area contributed by atoms with E-state index in [1.165, 1.54) is 16.8 Å². The van der Waals surface area contributed by atoms with Crippen LogP contribution in [0.25, 0.3) is 11.3 Å². The molecule has 0 unspecified atom stereocenters. The highest BCUT2D eigenvalue weighted by molar-refractivity contribution is 7.85. The summed E-state index contributed by atoms with van der Waals surface area (Å²) in [5.41, 5.74) is 2.23. The minimum atomic E-state index is -3.73. The van der Waals surface area contributed by atoms with Crippen molar-refractivity contribution in [3.05, 3.63) is 86.4 Å². The highest BCUT2D eigenvalue weighted by Crippen LogP contribution is 2.20. The summed E-state index contributed by atoms with van der Waals surface area (Å²) in [4.78, 5) is 12.8. The third-order valence-corrected chi connectivity index (χ3v) is 5.44. The summed E-state index contributed by atoms with van der Waals surface area (Å²) in [6.45, 7) is 1.54. The van der Waals surface area contributed by atoms with Crippen molar-refractivity contribution in [3.8, 4) is 11.3 Å². The lowest BCUT2D eigenvalue weighted by Crippen LogP contribution is -2.28. The van der Waals surface area contributed by atoms with Gasteiger partial charge in [-0.3, -0.25) is 8.98 Å². The fraction of sp³-hybridized carbons (Fsp3) is 0.273. The average Bonchev–Trinajstić information content (AvgIpc) is 2.70. The predicted molar refractivity (Wildman–Crippen MR) is 118 cm³/mol. The summed E-state index contributed by atoms with van der Waals surface area (Å²) in [7, 11) is -3.73. The van der Waals surface area contributed by atoms with Crippen LogP contribution in [0.5, 0.6) is 0 Å². The molecule has 0 aliphatic heterocycles. The molecule has 0 saturated carbocycles. The summed E-state index contributed by atoms with van der Waals surface area (Å²) in [5, 5.41) is 5.06. The van der Waals surface area contributed by atoms with Crippen LogP contribution in [0.3, 0.4) is 0 Å². The molecule has 3 aromatic rings. The molecule has 1 heterocycles. The molecule has 0 aliphatic carbocycles. The first kappa shape index (κ1) is 23.1. The molecule has 0 fully saturated rings. The molecule has 6 nitrogen and oxygen atoms in total. The molecular weight excluding hydrogens is 443 g/mol. The second kappa shape index (κ2) is 9.72. The van der Waals surface area contributed by atoms with Gasteiger partial charge in [0.2, 0.25) is 0 Å². The molecule has 0 aliphatic rings. The summed E-state index contributed by atoms with van der Waals surface area (Å²) < 4.78 is 42.6. The minimum Gasteiger partial charge on any atom is -0.267 e. The Kier molecular flexibility index (Phi) is 7.25. The van der Waals surface area contributed by atoms with Crippen LogP contribution in [0.2, 0.25) is 5.02 Å². The Morgan fingerprint density at radius 2 is 1.94 bits per heavy atom. The maximum Gasteiger partial charge on any atom is 0.272 e. The van der Waals surface area contributed by atoms with E-state index >= 15 is 0 Å². The molecule has 0 spiro atoms. The SMILES string of the molecule is Cc1cc(-c2cc(COS(C)(=O)=O)c(=O)n(CCCc3cccc(Cl)c3)n2)ccc1F. The van der Waals surface area contributed by atoms with Crippen LogP contribution in [0.4, 0.5) is 4.39 Å². The summed E-state index contributed by atoms with van der Waals surface area (Å²) in [6.07, 6.45) is 2.22. The van der Waals surface area contributed by atoms with Gasteiger partial charge in [0.25, 0.3) is 15.7 Å². The van der Waals surface area contributed by atoms with E-state index in [1.54, 1.807) is 25.1 Å². The maximum atomic E-state index is 13.7. The number of nitrogens with zero attached hydrogens (tertiary/aromatic N) is 2. The number of aromatic nitrogens is 2. The number of aryl methyl sites for hydroxylation is 3. The lowest BCUT2D eigenvalue weighted by molar-refractivity contribution is 0.308. The van der Waals surface area contributed by atoms with E-state index in [2.05, 4.69) is 5.10 Å². The first-order valence-electron chi connectivity index (χ1n) is 9.59. The molecule has 0 N–H and O–H groups in total. The molecule has 0 bridgehead atoms. The van der Waals surface area contributed by atoms with Gasteiger partial charge in [-0.1, -0.05) is 23.7 Å². The van der Waals surface area contributed by atoms with E-state index in [4.69, 9.17) is 15.8 Å². The molecule has 164 valence electrons. The first-order valence-corrected chi connectivity index (χ1v) is 11.8. The van der Waals surface area contributed by atoms with Crippen molar-refractivity contribution < 1.29 is 17.0 Å². The van der Waals surface area contributed by atoms with Gasteiger partial charge in [-0.15, -0.1) is 0 Å². The average molecular weight is 465 g/mol. The fourth-order valence-corrected chi connectivity index (χ4v) is 3.65. The number of benzene rings is 2. The van der Waals surface area contributed by atoms with Gasteiger partial charge in [0, 0.05) is 22.7 Å². The molecule has 0 atom stereocenters. The number of rotatable bonds is 8. The zero-order valence-electron chi connectivity index (χ0n) is 17.1. The Balaban J connectivity index is 1.91. The topological polar surface area (TPSA) is 78.3 Å². The van der Waals surface area contributed by atoms with Crippen LogP contribution in [-0.2, 0) is 33.9 Å². The van der Waals surface area contributed by atoms with E-state index in [0.717, 1.165) is 11.8 Å². The predicted octanol–water partition coefficient (Wildman–Crippen LogP) is 4.12. The molecule has 0 radical (unpaired) electrons. The second-order valence-electron chi connectivity index (χ2n) is 7.25. The zero-order chi connectivity index (χ0) is 22.6. The summed E-state index contributed by atoms with van der Waals surface area (Å²) in [5.74, 6) is -0.348. The van der Waals surface area contributed by atoms with Crippen molar-refractivity contribution >= 4 is 21.7 Å². The summed E-state index contributed by atoms with van der Waals surface area (Å²) in [6, 6.07) is 13.5. The first-order chi connectivity index (χ1) is 14.6. The molecule has 3 rings (SSSR count). The zero-order valence-corrected chi connectivity index (χ0v) is 18.7. The smallest absolute Gasteiger partial charge is 0.267 e. The van der Waals surface area contributed by atoms with Crippen LogP contribution < -0.4 is 5.56 Å². The Bertz CT molecular complexity index is 1260.